The summed E-state index contributed by atoms with van der Waals surface area (Å²) in [5, 5.41) is 3.45. The van der Waals surface area contributed by atoms with Gasteiger partial charge in [-0.2, -0.15) is 4.98 Å². The van der Waals surface area contributed by atoms with Gasteiger partial charge in [0.05, 0.1) is 4.90 Å². The summed E-state index contributed by atoms with van der Waals surface area (Å²) in [6, 6.07) is 21.0. The molecule has 0 saturated carbocycles. The van der Waals surface area contributed by atoms with Gasteiger partial charge in [0.25, 0.3) is 0 Å². The van der Waals surface area contributed by atoms with Crippen molar-refractivity contribution in [2.45, 2.75) is 23.8 Å². The Hall–Kier alpha value is -3.09. The number of aromatic nitrogens is 1. The zero-order valence-corrected chi connectivity index (χ0v) is 18.0. The maximum absolute atomic E-state index is 13.3. The Kier molecular flexibility index (Phi) is 5.37. The molecule has 5 nitrogen and oxygen atoms in total. The van der Waals surface area contributed by atoms with Crippen LogP contribution in [0.25, 0.3) is 11.5 Å². The highest BCUT2D eigenvalue weighted by Crippen LogP contribution is 2.34. The molecule has 0 aliphatic heterocycles. The Bertz CT molecular complexity index is 1280. The van der Waals surface area contributed by atoms with Crippen molar-refractivity contribution in [3.05, 3.63) is 88.9 Å². The largest absolute Gasteiger partial charge is 0.419 e. The van der Waals surface area contributed by atoms with Crippen LogP contribution in [0.3, 0.4) is 0 Å². The average molecular weight is 439 g/mol. The summed E-state index contributed by atoms with van der Waals surface area (Å²) in [4.78, 5) is 4.48. The van der Waals surface area contributed by atoms with Gasteiger partial charge in [0.15, 0.2) is 0 Å². The number of sulfone groups is 1. The van der Waals surface area contributed by atoms with Crippen LogP contribution < -0.4 is 5.32 Å². The lowest BCUT2D eigenvalue weighted by Crippen LogP contribution is -2.05. The van der Waals surface area contributed by atoms with E-state index in [2.05, 4.69) is 10.3 Å². The predicted octanol–water partition coefficient (Wildman–Crippen LogP) is 6.19. The van der Waals surface area contributed by atoms with E-state index in [-0.39, 0.29) is 21.7 Å². The van der Waals surface area contributed by atoms with Crippen molar-refractivity contribution in [3.63, 3.8) is 0 Å². The lowest BCUT2D eigenvalue weighted by Gasteiger charge is -2.07. The van der Waals surface area contributed by atoms with Gasteiger partial charge in [-0.1, -0.05) is 47.0 Å². The van der Waals surface area contributed by atoms with Gasteiger partial charge in [-0.25, -0.2) is 8.42 Å². The summed E-state index contributed by atoms with van der Waals surface area (Å²) < 4.78 is 32.5. The molecular formula is C23H19ClN2O3S. The van der Waals surface area contributed by atoms with E-state index in [1.165, 1.54) is 0 Å². The van der Waals surface area contributed by atoms with Crippen LogP contribution in [0.5, 0.6) is 0 Å². The van der Waals surface area contributed by atoms with Crippen molar-refractivity contribution in [1.29, 1.82) is 0 Å². The SMILES string of the molecule is Cc1ccc(Nc2oc(-c3ccc(Cl)cc3)nc2S(=O)(=O)c2ccc(C)cc2)cc1. The fourth-order valence-electron chi connectivity index (χ4n) is 2.88. The van der Waals surface area contributed by atoms with Gasteiger partial charge in [-0.3, -0.25) is 0 Å². The Morgan fingerprint density at radius 3 is 2.00 bits per heavy atom. The third kappa shape index (κ3) is 4.10. The molecule has 4 rings (SSSR count). The molecule has 0 amide bonds. The van der Waals surface area contributed by atoms with E-state index in [1.54, 1.807) is 48.5 Å². The van der Waals surface area contributed by atoms with Gasteiger partial charge in [0, 0.05) is 16.3 Å². The normalized spacial score (nSPS) is 11.4. The van der Waals surface area contributed by atoms with Crippen LogP contribution in [-0.2, 0) is 9.84 Å². The predicted molar refractivity (Wildman–Crippen MR) is 118 cm³/mol. The van der Waals surface area contributed by atoms with E-state index in [9.17, 15) is 8.42 Å². The van der Waals surface area contributed by atoms with Crippen molar-refractivity contribution in [2.75, 3.05) is 5.32 Å². The second-order valence-corrected chi connectivity index (χ2v) is 9.27. The first kappa shape index (κ1) is 20.2. The standard InChI is InChI=1S/C23H19ClN2O3S/c1-15-3-11-19(12-4-15)25-22-23(30(27,28)20-13-5-16(2)6-14-20)26-21(29-22)17-7-9-18(24)10-8-17/h3-14,25H,1-2H3. The van der Waals surface area contributed by atoms with Gasteiger partial charge in [-0.15, -0.1) is 0 Å². The molecule has 0 spiro atoms. The minimum Gasteiger partial charge on any atom is -0.419 e. The van der Waals surface area contributed by atoms with E-state index >= 15 is 0 Å². The van der Waals surface area contributed by atoms with Crippen molar-refractivity contribution in [1.82, 2.24) is 4.98 Å². The molecule has 7 heteroatoms. The Labute approximate surface area is 180 Å². The molecule has 1 heterocycles. The van der Waals surface area contributed by atoms with Crippen LogP contribution >= 0.6 is 11.6 Å². The number of rotatable bonds is 5. The molecule has 30 heavy (non-hydrogen) atoms. The van der Waals surface area contributed by atoms with Gasteiger partial charge in [0.1, 0.15) is 0 Å². The Morgan fingerprint density at radius 2 is 1.40 bits per heavy atom. The molecule has 0 aliphatic carbocycles. The van der Waals surface area contributed by atoms with E-state index in [1.807, 2.05) is 38.1 Å². The zero-order valence-electron chi connectivity index (χ0n) is 16.4. The zero-order chi connectivity index (χ0) is 21.3. The summed E-state index contributed by atoms with van der Waals surface area (Å²) >= 11 is 5.96. The van der Waals surface area contributed by atoms with Gasteiger partial charge in [-0.05, 0) is 62.4 Å². The van der Waals surface area contributed by atoms with Crippen LogP contribution in [0.2, 0.25) is 5.02 Å². The molecule has 0 bridgehead atoms. The van der Waals surface area contributed by atoms with Crippen LogP contribution in [0.1, 0.15) is 11.1 Å². The number of anilines is 2. The number of hydrogen-bond acceptors (Lipinski definition) is 5. The van der Waals surface area contributed by atoms with Gasteiger partial charge in [0.2, 0.25) is 26.6 Å². The lowest BCUT2D eigenvalue weighted by atomic mass is 10.2. The minimum absolute atomic E-state index is 0.0596. The van der Waals surface area contributed by atoms with Gasteiger partial charge >= 0.3 is 0 Å². The van der Waals surface area contributed by atoms with E-state index < -0.39 is 9.84 Å². The van der Waals surface area contributed by atoms with E-state index in [0.717, 1.165) is 11.1 Å². The van der Waals surface area contributed by atoms with Crippen molar-refractivity contribution < 1.29 is 12.8 Å². The highest BCUT2D eigenvalue weighted by Gasteiger charge is 2.28. The number of halogens is 1. The van der Waals surface area contributed by atoms with Crippen LogP contribution in [0.4, 0.5) is 11.6 Å². The molecular weight excluding hydrogens is 420 g/mol. The number of nitrogens with one attached hydrogen (secondary N) is 1. The molecule has 3 aromatic carbocycles. The number of hydrogen-bond donors (Lipinski definition) is 1. The first-order valence-electron chi connectivity index (χ1n) is 9.25. The maximum atomic E-state index is 13.3. The van der Waals surface area contributed by atoms with Crippen molar-refractivity contribution in [3.8, 4) is 11.5 Å². The number of aryl methyl sites for hydroxylation is 2. The first-order valence-corrected chi connectivity index (χ1v) is 11.1. The molecule has 0 fully saturated rings. The van der Waals surface area contributed by atoms with E-state index in [0.29, 0.717) is 16.3 Å². The molecule has 4 aromatic rings. The third-order valence-corrected chi connectivity index (χ3v) is 6.51. The second-order valence-electron chi connectivity index (χ2n) is 6.97. The molecule has 0 radical (unpaired) electrons. The van der Waals surface area contributed by atoms with Crippen LogP contribution in [0.15, 0.2) is 87.1 Å². The molecule has 152 valence electrons. The maximum Gasteiger partial charge on any atom is 0.238 e. The fourth-order valence-corrected chi connectivity index (χ4v) is 4.26. The highest BCUT2D eigenvalue weighted by molar-refractivity contribution is 7.91. The minimum atomic E-state index is -3.90. The Morgan fingerprint density at radius 1 is 0.833 bits per heavy atom. The monoisotopic (exact) mass is 438 g/mol. The summed E-state index contributed by atoms with van der Waals surface area (Å²) in [5.41, 5.74) is 3.37. The average Bonchev–Trinajstić information content (AvgIpc) is 3.15. The Balaban J connectivity index is 1.83. The third-order valence-electron chi connectivity index (χ3n) is 4.58. The molecule has 1 aromatic heterocycles. The first-order chi connectivity index (χ1) is 14.3. The highest BCUT2D eigenvalue weighted by atomic mass is 35.5. The molecule has 0 aliphatic rings. The summed E-state index contributed by atoms with van der Waals surface area (Å²) in [5.74, 6) is 0.247. The van der Waals surface area contributed by atoms with E-state index in [4.69, 9.17) is 16.0 Å². The van der Waals surface area contributed by atoms with Crippen LogP contribution in [-0.4, -0.2) is 13.4 Å². The fraction of sp³-hybridized carbons (Fsp3) is 0.0870. The van der Waals surface area contributed by atoms with Crippen molar-refractivity contribution in [2.24, 2.45) is 0 Å². The summed E-state index contributed by atoms with van der Waals surface area (Å²) in [6.45, 7) is 3.87. The molecule has 0 atom stereocenters. The van der Waals surface area contributed by atoms with Crippen molar-refractivity contribution >= 4 is 33.0 Å². The quantitative estimate of drug-likeness (QED) is 0.402. The number of benzene rings is 3. The second kappa shape index (κ2) is 7.97. The number of oxazole rings is 1. The molecule has 1 N–H and O–H groups in total. The summed E-state index contributed by atoms with van der Waals surface area (Å²) in [7, 11) is -3.90. The molecule has 0 unspecified atom stereocenters. The van der Waals surface area contributed by atoms with Crippen LogP contribution in [0, 0.1) is 13.8 Å². The van der Waals surface area contributed by atoms with Gasteiger partial charge < -0.3 is 9.73 Å². The molecule has 0 saturated heterocycles. The summed E-state index contributed by atoms with van der Waals surface area (Å²) in [6.07, 6.45) is 0. The topological polar surface area (TPSA) is 72.2 Å². The smallest absolute Gasteiger partial charge is 0.238 e. The lowest BCUT2D eigenvalue weighted by molar-refractivity contribution is 0.582. The number of nitrogens with zero attached hydrogens (tertiary/aromatic N) is 1.